The van der Waals surface area contributed by atoms with E-state index in [9.17, 15) is 4.79 Å². The lowest BCUT2D eigenvalue weighted by Crippen LogP contribution is -2.34. The number of carbonyl (C=O) groups excluding carboxylic acids is 1. The maximum atomic E-state index is 12.5. The van der Waals surface area contributed by atoms with Crippen molar-refractivity contribution < 1.29 is 9.21 Å². The number of para-hydroxylation sites is 1. The number of hydrogen-bond acceptors (Lipinski definition) is 3. The maximum absolute atomic E-state index is 12.5. The van der Waals surface area contributed by atoms with Crippen LogP contribution >= 0.6 is 12.2 Å². The van der Waals surface area contributed by atoms with Crippen LogP contribution in [0, 0.1) is 20.8 Å². The van der Waals surface area contributed by atoms with E-state index in [2.05, 4.69) is 31.4 Å². The molecule has 1 aromatic heterocycles. The van der Waals surface area contributed by atoms with Crippen LogP contribution in [0.5, 0.6) is 0 Å². The summed E-state index contributed by atoms with van der Waals surface area (Å²) in [7, 11) is 0. The Morgan fingerprint density at radius 3 is 2.50 bits per heavy atom. The van der Waals surface area contributed by atoms with E-state index in [1.807, 2.05) is 43.3 Å². The molecule has 1 amide bonds. The van der Waals surface area contributed by atoms with E-state index >= 15 is 0 Å². The Bertz CT molecular complexity index is 1040. The summed E-state index contributed by atoms with van der Waals surface area (Å²) >= 11 is 5.33. The van der Waals surface area contributed by atoms with E-state index in [0.29, 0.717) is 5.76 Å². The van der Waals surface area contributed by atoms with Crippen LogP contribution < -0.4 is 10.6 Å². The van der Waals surface area contributed by atoms with Crippen molar-refractivity contribution in [3.8, 4) is 11.3 Å². The van der Waals surface area contributed by atoms with Gasteiger partial charge < -0.3 is 9.73 Å². The summed E-state index contributed by atoms with van der Waals surface area (Å²) in [4.78, 5) is 12.5. The zero-order valence-electron chi connectivity index (χ0n) is 16.6. The third-order valence-corrected chi connectivity index (χ3v) is 5.03. The SMILES string of the molecule is CCc1cccc(C)c1NC(=S)NC(=O)c1ccc(-c2ccc(C)c(C)c2)o1. The summed E-state index contributed by atoms with van der Waals surface area (Å²) in [6, 6.07) is 15.6. The van der Waals surface area contributed by atoms with Crippen molar-refractivity contribution in [1.82, 2.24) is 5.32 Å². The molecule has 3 rings (SSSR count). The average Bonchev–Trinajstić information content (AvgIpc) is 3.16. The van der Waals surface area contributed by atoms with Crippen molar-refractivity contribution in [1.29, 1.82) is 0 Å². The van der Waals surface area contributed by atoms with Gasteiger partial charge in [-0.05, 0) is 79.9 Å². The standard InChI is InChI=1S/C23H24N2O2S/c1-5-17-8-6-7-15(3)21(17)24-23(28)25-22(26)20-12-11-19(27-20)18-10-9-14(2)16(4)13-18/h6-13H,5H2,1-4H3,(H2,24,25,26,28). The van der Waals surface area contributed by atoms with Crippen molar-refractivity contribution in [3.05, 3.63) is 76.5 Å². The lowest BCUT2D eigenvalue weighted by atomic mass is 10.1. The van der Waals surface area contributed by atoms with Gasteiger partial charge in [0.2, 0.25) is 0 Å². The van der Waals surface area contributed by atoms with Gasteiger partial charge in [-0.1, -0.05) is 37.3 Å². The molecule has 0 aliphatic rings. The molecular weight excluding hydrogens is 368 g/mol. The minimum absolute atomic E-state index is 0.220. The molecule has 0 unspecified atom stereocenters. The number of amides is 1. The zero-order valence-corrected chi connectivity index (χ0v) is 17.4. The fraction of sp³-hybridized carbons (Fsp3) is 0.217. The van der Waals surface area contributed by atoms with E-state index in [1.165, 1.54) is 11.1 Å². The molecule has 0 saturated heterocycles. The number of hydrogen-bond donors (Lipinski definition) is 2. The highest BCUT2D eigenvalue weighted by Crippen LogP contribution is 2.25. The normalized spacial score (nSPS) is 10.6. The van der Waals surface area contributed by atoms with Crippen LogP contribution in [0.25, 0.3) is 11.3 Å². The summed E-state index contributed by atoms with van der Waals surface area (Å²) in [6.45, 7) is 8.20. The van der Waals surface area contributed by atoms with Gasteiger partial charge in [-0.15, -0.1) is 0 Å². The van der Waals surface area contributed by atoms with Crippen molar-refractivity contribution in [3.63, 3.8) is 0 Å². The van der Waals surface area contributed by atoms with Gasteiger partial charge in [-0.2, -0.15) is 0 Å². The molecule has 0 saturated carbocycles. The molecular formula is C23H24N2O2S. The number of aryl methyl sites for hydroxylation is 4. The van der Waals surface area contributed by atoms with Crippen molar-refractivity contribution >= 4 is 28.9 Å². The number of benzene rings is 2. The highest BCUT2D eigenvalue weighted by atomic mass is 32.1. The second-order valence-corrected chi connectivity index (χ2v) is 7.24. The molecule has 144 valence electrons. The third kappa shape index (κ3) is 4.31. The van der Waals surface area contributed by atoms with Crippen LogP contribution in [0.2, 0.25) is 0 Å². The van der Waals surface area contributed by atoms with Gasteiger partial charge in [0.1, 0.15) is 5.76 Å². The molecule has 0 atom stereocenters. The number of furan rings is 1. The Morgan fingerprint density at radius 1 is 1.00 bits per heavy atom. The van der Waals surface area contributed by atoms with E-state index in [-0.39, 0.29) is 16.8 Å². The molecule has 5 heteroatoms. The molecule has 1 heterocycles. The lowest BCUT2D eigenvalue weighted by Gasteiger charge is -2.14. The maximum Gasteiger partial charge on any atom is 0.293 e. The second-order valence-electron chi connectivity index (χ2n) is 6.83. The Morgan fingerprint density at radius 2 is 1.79 bits per heavy atom. The summed E-state index contributed by atoms with van der Waals surface area (Å²) in [5.74, 6) is 0.497. The summed E-state index contributed by atoms with van der Waals surface area (Å²) in [6.07, 6.45) is 0.873. The average molecular weight is 393 g/mol. The van der Waals surface area contributed by atoms with E-state index in [4.69, 9.17) is 16.6 Å². The zero-order chi connectivity index (χ0) is 20.3. The van der Waals surface area contributed by atoms with Gasteiger partial charge in [0.15, 0.2) is 10.9 Å². The van der Waals surface area contributed by atoms with Gasteiger partial charge in [0.05, 0.1) is 0 Å². The predicted octanol–water partition coefficient (Wildman–Crippen LogP) is 5.56. The molecule has 0 radical (unpaired) electrons. The van der Waals surface area contributed by atoms with Crippen LogP contribution in [0.1, 0.15) is 39.7 Å². The van der Waals surface area contributed by atoms with Crippen LogP contribution in [0.4, 0.5) is 5.69 Å². The second kappa shape index (κ2) is 8.40. The quantitative estimate of drug-likeness (QED) is 0.571. The number of carbonyl (C=O) groups is 1. The molecule has 0 aliphatic heterocycles. The van der Waals surface area contributed by atoms with Gasteiger partial charge in [0.25, 0.3) is 5.91 Å². The van der Waals surface area contributed by atoms with Crippen molar-refractivity contribution in [2.75, 3.05) is 5.32 Å². The van der Waals surface area contributed by atoms with Gasteiger partial charge in [-0.3, -0.25) is 10.1 Å². The molecule has 28 heavy (non-hydrogen) atoms. The first-order valence-corrected chi connectivity index (χ1v) is 9.68. The van der Waals surface area contributed by atoms with E-state index < -0.39 is 0 Å². The fourth-order valence-corrected chi connectivity index (χ4v) is 3.22. The highest BCUT2D eigenvalue weighted by molar-refractivity contribution is 7.80. The number of rotatable bonds is 4. The van der Waals surface area contributed by atoms with Crippen LogP contribution in [0.3, 0.4) is 0 Å². The third-order valence-electron chi connectivity index (χ3n) is 4.83. The lowest BCUT2D eigenvalue weighted by molar-refractivity contribution is 0.0951. The molecule has 0 bridgehead atoms. The summed E-state index contributed by atoms with van der Waals surface area (Å²) in [5, 5.41) is 6.08. The summed E-state index contributed by atoms with van der Waals surface area (Å²) in [5.41, 5.74) is 6.49. The van der Waals surface area contributed by atoms with Gasteiger partial charge in [-0.25, -0.2) is 0 Å². The van der Waals surface area contributed by atoms with Gasteiger partial charge >= 0.3 is 0 Å². The molecule has 3 aromatic rings. The number of thiocarbonyl (C=S) groups is 1. The van der Waals surface area contributed by atoms with Crippen molar-refractivity contribution in [2.24, 2.45) is 0 Å². The van der Waals surface area contributed by atoms with E-state index in [0.717, 1.165) is 28.8 Å². The fourth-order valence-electron chi connectivity index (χ4n) is 3.02. The molecule has 0 fully saturated rings. The molecule has 0 aliphatic carbocycles. The monoisotopic (exact) mass is 392 g/mol. The first kappa shape index (κ1) is 19.8. The minimum Gasteiger partial charge on any atom is -0.451 e. The summed E-state index contributed by atoms with van der Waals surface area (Å²) < 4.78 is 5.75. The Labute approximate surface area is 171 Å². The molecule has 4 nitrogen and oxygen atoms in total. The van der Waals surface area contributed by atoms with Gasteiger partial charge in [0, 0.05) is 11.3 Å². The molecule has 2 N–H and O–H groups in total. The first-order valence-electron chi connectivity index (χ1n) is 9.27. The van der Waals surface area contributed by atoms with Crippen LogP contribution in [0.15, 0.2) is 52.9 Å². The molecule has 2 aromatic carbocycles. The minimum atomic E-state index is -0.376. The topological polar surface area (TPSA) is 54.3 Å². The molecule has 0 spiro atoms. The van der Waals surface area contributed by atoms with Crippen LogP contribution in [-0.2, 0) is 6.42 Å². The van der Waals surface area contributed by atoms with Crippen LogP contribution in [-0.4, -0.2) is 11.0 Å². The number of anilines is 1. The van der Waals surface area contributed by atoms with E-state index in [1.54, 1.807) is 12.1 Å². The smallest absolute Gasteiger partial charge is 0.293 e. The predicted molar refractivity (Wildman–Crippen MR) is 118 cm³/mol. The number of nitrogens with one attached hydrogen (secondary N) is 2. The highest BCUT2D eigenvalue weighted by Gasteiger charge is 2.15. The Hall–Kier alpha value is -2.92. The first-order chi connectivity index (χ1) is 13.4. The van der Waals surface area contributed by atoms with Crippen molar-refractivity contribution in [2.45, 2.75) is 34.1 Å². The largest absolute Gasteiger partial charge is 0.451 e. The Kier molecular flexibility index (Phi) is 5.95. The Balaban J connectivity index is 1.71.